The molecular formula is C16H19N5O2. The standard InChI is InChI=1S/C16H19N5O2/c1-10-9-18-14(19-10)11(2)20-15(22)12-4-3-5-13(8-12)21-7-6-17-16(21)23/h3-5,8-9,11H,6-7H2,1-2H3,(H,17,23)(H,18,19)(H,20,22). The Bertz CT molecular complexity index is 740. The van der Waals surface area contributed by atoms with Crippen molar-refractivity contribution in [1.29, 1.82) is 0 Å². The van der Waals surface area contributed by atoms with Crippen LogP contribution in [0.25, 0.3) is 0 Å². The number of aromatic amines is 1. The molecule has 120 valence electrons. The maximum absolute atomic E-state index is 12.4. The van der Waals surface area contributed by atoms with E-state index in [1.807, 2.05) is 19.9 Å². The molecule has 2 aromatic rings. The van der Waals surface area contributed by atoms with Crippen molar-refractivity contribution in [2.75, 3.05) is 18.0 Å². The van der Waals surface area contributed by atoms with Crippen molar-refractivity contribution in [2.45, 2.75) is 19.9 Å². The normalized spacial score (nSPS) is 15.4. The van der Waals surface area contributed by atoms with Gasteiger partial charge < -0.3 is 15.6 Å². The average Bonchev–Trinajstić information content (AvgIpc) is 3.16. The molecule has 7 nitrogen and oxygen atoms in total. The molecule has 7 heteroatoms. The molecule has 3 rings (SSSR count). The summed E-state index contributed by atoms with van der Waals surface area (Å²) in [5, 5.41) is 5.65. The van der Waals surface area contributed by atoms with Gasteiger partial charge in [-0.3, -0.25) is 9.69 Å². The minimum absolute atomic E-state index is 0.137. The molecule has 1 aliphatic rings. The second kappa shape index (κ2) is 6.12. The highest BCUT2D eigenvalue weighted by molar-refractivity contribution is 5.98. The monoisotopic (exact) mass is 313 g/mol. The van der Waals surface area contributed by atoms with Crippen molar-refractivity contribution in [3.05, 3.63) is 47.5 Å². The van der Waals surface area contributed by atoms with E-state index in [1.165, 1.54) is 0 Å². The number of benzene rings is 1. The molecule has 1 aromatic heterocycles. The number of nitrogens with one attached hydrogen (secondary N) is 3. The van der Waals surface area contributed by atoms with E-state index < -0.39 is 0 Å². The molecule has 1 saturated heterocycles. The number of imidazole rings is 1. The molecule has 0 saturated carbocycles. The van der Waals surface area contributed by atoms with Gasteiger partial charge >= 0.3 is 6.03 Å². The fraction of sp³-hybridized carbons (Fsp3) is 0.312. The zero-order chi connectivity index (χ0) is 16.4. The first-order valence-corrected chi connectivity index (χ1v) is 7.52. The van der Waals surface area contributed by atoms with Crippen LogP contribution < -0.4 is 15.5 Å². The van der Waals surface area contributed by atoms with Crippen LogP contribution in [0.4, 0.5) is 10.5 Å². The molecule has 0 bridgehead atoms. The van der Waals surface area contributed by atoms with Crippen molar-refractivity contribution >= 4 is 17.6 Å². The molecule has 3 amide bonds. The lowest BCUT2D eigenvalue weighted by Gasteiger charge is -2.16. The molecule has 3 N–H and O–H groups in total. The summed E-state index contributed by atoms with van der Waals surface area (Å²) in [4.78, 5) is 33.1. The first kappa shape index (κ1) is 15.1. The smallest absolute Gasteiger partial charge is 0.321 e. The van der Waals surface area contributed by atoms with Crippen LogP contribution in [0.5, 0.6) is 0 Å². The van der Waals surface area contributed by atoms with Crippen molar-refractivity contribution < 1.29 is 9.59 Å². The summed E-state index contributed by atoms with van der Waals surface area (Å²) in [5.74, 6) is 0.513. The molecule has 23 heavy (non-hydrogen) atoms. The molecular weight excluding hydrogens is 294 g/mol. The molecule has 1 atom stereocenters. The minimum atomic E-state index is -0.227. The van der Waals surface area contributed by atoms with E-state index in [0.717, 1.165) is 5.69 Å². The van der Waals surface area contributed by atoms with E-state index in [4.69, 9.17) is 0 Å². The summed E-state index contributed by atoms with van der Waals surface area (Å²) in [6.45, 7) is 5.00. The second-order valence-corrected chi connectivity index (χ2v) is 5.58. The summed E-state index contributed by atoms with van der Waals surface area (Å²) in [7, 11) is 0. The Kier molecular flexibility index (Phi) is 4.01. The van der Waals surface area contributed by atoms with Crippen molar-refractivity contribution in [3.8, 4) is 0 Å². The SMILES string of the molecule is Cc1cnc(C(C)NC(=O)c2cccc(N3CCNC3=O)c2)[nH]1. The van der Waals surface area contributed by atoms with Gasteiger partial charge in [-0.15, -0.1) is 0 Å². The first-order valence-electron chi connectivity index (χ1n) is 7.52. The van der Waals surface area contributed by atoms with Crippen LogP contribution in [-0.4, -0.2) is 35.0 Å². The Morgan fingerprint density at radius 1 is 1.43 bits per heavy atom. The fourth-order valence-corrected chi connectivity index (χ4v) is 2.53. The van der Waals surface area contributed by atoms with E-state index in [0.29, 0.717) is 30.2 Å². The third-order valence-corrected chi connectivity index (χ3v) is 3.76. The number of H-pyrrole nitrogens is 1. The van der Waals surface area contributed by atoms with Crippen LogP contribution in [0, 0.1) is 6.92 Å². The quantitative estimate of drug-likeness (QED) is 0.803. The van der Waals surface area contributed by atoms with Crippen LogP contribution in [0.1, 0.15) is 34.8 Å². The molecule has 0 radical (unpaired) electrons. The Balaban J connectivity index is 1.73. The predicted molar refractivity (Wildman–Crippen MR) is 86.4 cm³/mol. The molecule has 2 heterocycles. The highest BCUT2D eigenvalue weighted by Crippen LogP contribution is 2.19. The number of anilines is 1. The van der Waals surface area contributed by atoms with Gasteiger partial charge in [-0.05, 0) is 32.0 Å². The number of rotatable bonds is 4. The first-order chi connectivity index (χ1) is 11.0. The Morgan fingerprint density at radius 2 is 2.26 bits per heavy atom. The highest BCUT2D eigenvalue weighted by Gasteiger charge is 2.22. The van der Waals surface area contributed by atoms with E-state index in [1.54, 1.807) is 29.3 Å². The number of hydrogen-bond donors (Lipinski definition) is 3. The summed E-state index contributed by atoms with van der Waals surface area (Å²) in [6, 6.07) is 6.68. The topological polar surface area (TPSA) is 90.1 Å². The second-order valence-electron chi connectivity index (χ2n) is 5.58. The molecule has 0 aliphatic carbocycles. The van der Waals surface area contributed by atoms with Crippen molar-refractivity contribution in [3.63, 3.8) is 0 Å². The third-order valence-electron chi connectivity index (χ3n) is 3.76. The predicted octanol–water partition coefficient (Wildman–Crippen LogP) is 1.74. The van der Waals surface area contributed by atoms with Gasteiger partial charge in [-0.25, -0.2) is 9.78 Å². The summed E-state index contributed by atoms with van der Waals surface area (Å²) >= 11 is 0. The lowest BCUT2D eigenvalue weighted by molar-refractivity contribution is 0.0938. The van der Waals surface area contributed by atoms with Crippen molar-refractivity contribution in [2.24, 2.45) is 0 Å². The molecule has 1 aliphatic heterocycles. The number of aromatic nitrogens is 2. The highest BCUT2D eigenvalue weighted by atomic mass is 16.2. The zero-order valence-corrected chi connectivity index (χ0v) is 13.1. The van der Waals surface area contributed by atoms with Gasteiger partial charge in [0.25, 0.3) is 5.91 Å². The van der Waals surface area contributed by atoms with Gasteiger partial charge in [0.15, 0.2) is 0 Å². The Labute approximate surface area is 134 Å². The Hall–Kier alpha value is -2.83. The lowest BCUT2D eigenvalue weighted by Crippen LogP contribution is -2.29. The number of aryl methyl sites for hydroxylation is 1. The van der Waals surface area contributed by atoms with Crippen LogP contribution in [0.15, 0.2) is 30.5 Å². The van der Waals surface area contributed by atoms with Crippen LogP contribution in [0.2, 0.25) is 0 Å². The molecule has 0 spiro atoms. The number of hydrogen-bond acceptors (Lipinski definition) is 3. The molecule has 1 fully saturated rings. The van der Waals surface area contributed by atoms with E-state index >= 15 is 0 Å². The van der Waals surface area contributed by atoms with E-state index in [-0.39, 0.29) is 18.0 Å². The zero-order valence-electron chi connectivity index (χ0n) is 13.1. The van der Waals surface area contributed by atoms with Gasteiger partial charge in [0.05, 0.1) is 6.04 Å². The summed E-state index contributed by atoms with van der Waals surface area (Å²) in [5.41, 5.74) is 2.18. The average molecular weight is 313 g/mol. The maximum Gasteiger partial charge on any atom is 0.321 e. The van der Waals surface area contributed by atoms with Gasteiger partial charge in [0.1, 0.15) is 5.82 Å². The number of nitrogens with zero attached hydrogens (tertiary/aromatic N) is 2. The third kappa shape index (κ3) is 3.18. The maximum atomic E-state index is 12.4. The largest absolute Gasteiger partial charge is 0.344 e. The van der Waals surface area contributed by atoms with Gasteiger partial charge in [-0.1, -0.05) is 6.07 Å². The number of carbonyl (C=O) groups excluding carboxylic acids is 2. The van der Waals surface area contributed by atoms with Crippen molar-refractivity contribution in [1.82, 2.24) is 20.6 Å². The Morgan fingerprint density at radius 3 is 2.91 bits per heavy atom. The van der Waals surface area contributed by atoms with Gasteiger partial charge in [-0.2, -0.15) is 0 Å². The fourth-order valence-electron chi connectivity index (χ4n) is 2.53. The molecule has 1 unspecified atom stereocenters. The number of amides is 3. The number of carbonyl (C=O) groups is 2. The summed E-state index contributed by atoms with van der Waals surface area (Å²) in [6.07, 6.45) is 1.73. The lowest BCUT2D eigenvalue weighted by atomic mass is 10.1. The van der Waals surface area contributed by atoms with Crippen LogP contribution in [-0.2, 0) is 0 Å². The van der Waals surface area contributed by atoms with Crippen LogP contribution in [0.3, 0.4) is 0 Å². The minimum Gasteiger partial charge on any atom is -0.344 e. The van der Waals surface area contributed by atoms with Gasteiger partial charge in [0, 0.05) is 36.2 Å². The molecule has 1 aromatic carbocycles. The van der Waals surface area contributed by atoms with Crippen LogP contribution >= 0.6 is 0 Å². The van der Waals surface area contributed by atoms with E-state index in [2.05, 4.69) is 20.6 Å². The summed E-state index contributed by atoms with van der Waals surface area (Å²) < 4.78 is 0. The number of urea groups is 1. The van der Waals surface area contributed by atoms with E-state index in [9.17, 15) is 9.59 Å². The van der Waals surface area contributed by atoms with Gasteiger partial charge in [0.2, 0.25) is 0 Å².